The molecule has 2 aromatic rings. The normalized spacial score (nSPS) is 16.2. The number of halogens is 3. The summed E-state index contributed by atoms with van der Waals surface area (Å²) in [6.07, 6.45) is -4.33. The Labute approximate surface area is 178 Å². The van der Waals surface area contributed by atoms with E-state index in [1.54, 1.807) is 0 Å². The van der Waals surface area contributed by atoms with Crippen molar-refractivity contribution < 1.29 is 18.0 Å². The predicted octanol–water partition coefficient (Wildman–Crippen LogP) is 3.72. The Morgan fingerprint density at radius 3 is 2.37 bits per heavy atom. The third-order valence-corrected chi connectivity index (χ3v) is 5.88. The average Bonchev–Trinajstić information content (AvgIpc) is 3.16. The summed E-state index contributed by atoms with van der Waals surface area (Å²) < 4.78 is 38.1. The zero-order chi connectivity index (χ0) is 21.7. The summed E-state index contributed by atoms with van der Waals surface area (Å²) >= 11 is 1.44. The van der Waals surface area contributed by atoms with E-state index in [0.717, 1.165) is 49.0 Å². The van der Waals surface area contributed by atoms with Crippen LogP contribution in [0.15, 0.2) is 29.6 Å². The number of hydrogen-bond acceptors (Lipinski definition) is 5. The van der Waals surface area contributed by atoms with Crippen molar-refractivity contribution >= 4 is 17.2 Å². The molecule has 0 atom stereocenters. The Balaban J connectivity index is 1.47. The molecule has 0 bridgehead atoms. The summed E-state index contributed by atoms with van der Waals surface area (Å²) in [7, 11) is 0. The van der Waals surface area contributed by atoms with Crippen LogP contribution in [0, 0.1) is 5.92 Å². The molecule has 0 spiro atoms. The number of piperazine rings is 1. The number of nitrogens with zero attached hydrogens (tertiary/aromatic N) is 3. The van der Waals surface area contributed by atoms with E-state index in [1.165, 1.54) is 23.5 Å². The van der Waals surface area contributed by atoms with Crippen molar-refractivity contribution in [2.45, 2.75) is 26.6 Å². The number of aromatic nitrogens is 1. The molecular weight excluding hydrogens is 413 g/mol. The molecule has 0 aliphatic carbocycles. The molecule has 30 heavy (non-hydrogen) atoms. The molecule has 0 unspecified atom stereocenters. The van der Waals surface area contributed by atoms with Crippen molar-refractivity contribution in [1.82, 2.24) is 20.1 Å². The van der Waals surface area contributed by atoms with Gasteiger partial charge < -0.3 is 5.32 Å². The molecule has 1 N–H and O–H groups in total. The van der Waals surface area contributed by atoms with E-state index < -0.39 is 11.7 Å². The number of alkyl halides is 3. The molecule has 0 saturated carbocycles. The van der Waals surface area contributed by atoms with E-state index in [-0.39, 0.29) is 5.91 Å². The summed E-state index contributed by atoms with van der Waals surface area (Å²) in [6, 6.07) is 5.11. The topological polar surface area (TPSA) is 48.5 Å². The van der Waals surface area contributed by atoms with Gasteiger partial charge in [-0.2, -0.15) is 13.2 Å². The third-order valence-electron chi connectivity index (χ3n) is 4.94. The SMILES string of the molecule is CC(C)CNC(=O)CN1CCN(Cc2csc(-c3ccc(C(F)(F)F)cc3)n2)CC1. The van der Waals surface area contributed by atoms with Gasteiger partial charge >= 0.3 is 6.18 Å². The smallest absolute Gasteiger partial charge is 0.355 e. The van der Waals surface area contributed by atoms with E-state index in [1.807, 2.05) is 5.38 Å². The van der Waals surface area contributed by atoms with E-state index in [2.05, 4.69) is 33.9 Å². The number of carbonyl (C=O) groups excluding carboxylic acids is 1. The third kappa shape index (κ3) is 6.52. The second kappa shape index (κ2) is 9.89. The lowest BCUT2D eigenvalue weighted by atomic mass is 10.1. The molecule has 3 rings (SSSR count). The summed E-state index contributed by atoms with van der Waals surface area (Å²) in [4.78, 5) is 21.0. The van der Waals surface area contributed by atoms with E-state index in [4.69, 9.17) is 0 Å². The standard InChI is InChI=1S/C21H27F3N4OS/c1-15(2)11-25-19(29)13-28-9-7-27(8-10-28)12-18-14-30-20(26-18)16-3-5-17(6-4-16)21(22,23)24/h3-6,14-15H,7-13H2,1-2H3,(H,25,29). The average molecular weight is 441 g/mol. The molecule has 1 fully saturated rings. The Kier molecular flexibility index (Phi) is 7.49. The van der Waals surface area contributed by atoms with Gasteiger partial charge in [0.2, 0.25) is 5.91 Å². The number of thiazole rings is 1. The molecule has 1 amide bonds. The number of benzene rings is 1. The molecule has 164 valence electrons. The second-order valence-electron chi connectivity index (χ2n) is 7.97. The fraction of sp³-hybridized carbons (Fsp3) is 0.524. The number of amides is 1. The monoisotopic (exact) mass is 440 g/mol. The molecule has 5 nitrogen and oxygen atoms in total. The highest BCUT2D eigenvalue weighted by molar-refractivity contribution is 7.13. The minimum absolute atomic E-state index is 0.0674. The number of carbonyl (C=O) groups is 1. The molecule has 0 radical (unpaired) electrons. The van der Waals surface area contributed by atoms with Crippen molar-refractivity contribution in [3.63, 3.8) is 0 Å². The van der Waals surface area contributed by atoms with Gasteiger partial charge in [-0.15, -0.1) is 11.3 Å². The van der Waals surface area contributed by atoms with Gasteiger partial charge in [0, 0.05) is 50.2 Å². The van der Waals surface area contributed by atoms with Crippen LogP contribution in [0.25, 0.3) is 10.6 Å². The molecular formula is C21H27F3N4OS. The lowest BCUT2D eigenvalue weighted by Gasteiger charge is -2.33. The maximum Gasteiger partial charge on any atom is 0.416 e. The molecule has 1 saturated heterocycles. The van der Waals surface area contributed by atoms with Gasteiger partial charge in [0.25, 0.3) is 0 Å². The minimum Gasteiger partial charge on any atom is -0.355 e. The Morgan fingerprint density at radius 2 is 1.77 bits per heavy atom. The number of hydrogen-bond donors (Lipinski definition) is 1. The number of nitrogens with one attached hydrogen (secondary N) is 1. The van der Waals surface area contributed by atoms with Crippen LogP contribution < -0.4 is 5.32 Å². The highest BCUT2D eigenvalue weighted by atomic mass is 32.1. The van der Waals surface area contributed by atoms with Gasteiger partial charge in [-0.3, -0.25) is 14.6 Å². The predicted molar refractivity (Wildman–Crippen MR) is 112 cm³/mol. The van der Waals surface area contributed by atoms with Crippen LogP contribution in [0.3, 0.4) is 0 Å². The van der Waals surface area contributed by atoms with E-state index in [0.29, 0.717) is 31.1 Å². The number of rotatable bonds is 7. The Morgan fingerprint density at radius 1 is 1.13 bits per heavy atom. The summed E-state index contributed by atoms with van der Waals surface area (Å²) in [6.45, 7) is 9.32. The van der Waals surface area contributed by atoms with Gasteiger partial charge in [-0.1, -0.05) is 26.0 Å². The van der Waals surface area contributed by atoms with Gasteiger partial charge in [0.1, 0.15) is 5.01 Å². The molecule has 2 heterocycles. The van der Waals surface area contributed by atoms with Crippen LogP contribution in [-0.2, 0) is 17.5 Å². The van der Waals surface area contributed by atoms with Crippen LogP contribution in [-0.4, -0.2) is 60.0 Å². The van der Waals surface area contributed by atoms with Crippen molar-refractivity contribution in [2.24, 2.45) is 5.92 Å². The molecule has 9 heteroatoms. The lowest BCUT2D eigenvalue weighted by Crippen LogP contribution is -2.49. The van der Waals surface area contributed by atoms with Crippen molar-refractivity contribution in [1.29, 1.82) is 0 Å². The van der Waals surface area contributed by atoms with Gasteiger partial charge in [0.05, 0.1) is 17.8 Å². The summed E-state index contributed by atoms with van der Waals surface area (Å²) in [5.74, 6) is 0.509. The van der Waals surface area contributed by atoms with Gasteiger partial charge in [-0.05, 0) is 18.1 Å². The zero-order valence-corrected chi connectivity index (χ0v) is 18.0. The first-order valence-electron chi connectivity index (χ1n) is 10.0. The van der Waals surface area contributed by atoms with E-state index in [9.17, 15) is 18.0 Å². The maximum atomic E-state index is 12.7. The lowest BCUT2D eigenvalue weighted by molar-refractivity contribution is -0.137. The van der Waals surface area contributed by atoms with Crippen molar-refractivity contribution in [3.8, 4) is 10.6 Å². The van der Waals surface area contributed by atoms with Crippen LogP contribution in [0.2, 0.25) is 0 Å². The van der Waals surface area contributed by atoms with Crippen LogP contribution in [0.1, 0.15) is 25.1 Å². The molecule has 1 aliphatic heterocycles. The maximum absolute atomic E-state index is 12.7. The molecule has 1 aromatic carbocycles. The summed E-state index contributed by atoms with van der Waals surface area (Å²) in [5.41, 5.74) is 0.952. The van der Waals surface area contributed by atoms with Gasteiger partial charge in [-0.25, -0.2) is 4.98 Å². The van der Waals surface area contributed by atoms with E-state index >= 15 is 0 Å². The Bertz CT molecular complexity index is 828. The Hall–Kier alpha value is -1.97. The van der Waals surface area contributed by atoms with Crippen LogP contribution >= 0.6 is 11.3 Å². The fourth-order valence-corrected chi connectivity index (χ4v) is 4.04. The van der Waals surface area contributed by atoms with Crippen LogP contribution in [0.4, 0.5) is 13.2 Å². The molecule has 1 aromatic heterocycles. The molecule has 1 aliphatic rings. The fourth-order valence-electron chi connectivity index (χ4n) is 3.23. The first kappa shape index (κ1) is 22.7. The first-order valence-corrected chi connectivity index (χ1v) is 10.9. The largest absolute Gasteiger partial charge is 0.416 e. The van der Waals surface area contributed by atoms with Crippen molar-refractivity contribution in [2.75, 3.05) is 39.3 Å². The van der Waals surface area contributed by atoms with Crippen LogP contribution in [0.5, 0.6) is 0 Å². The zero-order valence-electron chi connectivity index (χ0n) is 17.2. The first-order chi connectivity index (χ1) is 14.2. The summed E-state index contributed by atoms with van der Waals surface area (Å²) in [5, 5.41) is 5.62. The quantitative estimate of drug-likeness (QED) is 0.713. The van der Waals surface area contributed by atoms with Crippen molar-refractivity contribution in [3.05, 3.63) is 40.9 Å². The second-order valence-corrected chi connectivity index (χ2v) is 8.83. The minimum atomic E-state index is -4.33. The highest BCUT2D eigenvalue weighted by Crippen LogP contribution is 2.31. The van der Waals surface area contributed by atoms with Gasteiger partial charge in [0.15, 0.2) is 0 Å². The highest BCUT2D eigenvalue weighted by Gasteiger charge is 2.30.